The number of fused-ring (bicyclic) bond motifs is 3. The molecule has 0 saturated carbocycles. The Bertz CT molecular complexity index is 1050. The van der Waals surface area contributed by atoms with Crippen LogP contribution in [-0.2, 0) is 6.42 Å². The minimum absolute atomic E-state index is 0.177. The zero-order chi connectivity index (χ0) is 20.5. The van der Waals surface area contributed by atoms with Gasteiger partial charge in [-0.1, -0.05) is 24.3 Å². The minimum atomic E-state index is -0.177. The van der Waals surface area contributed by atoms with Gasteiger partial charge in [-0.3, -0.25) is 4.98 Å². The predicted molar refractivity (Wildman–Crippen MR) is 124 cm³/mol. The number of piperazine rings is 1. The molecule has 1 fully saturated rings. The van der Waals surface area contributed by atoms with Crippen molar-refractivity contribution in [3.05, 3.63) is 70.5 Å². The summed E-state index contributed by atoms with van der Waals surface area (Å²) in [4.78, 5) is 8.54. The van der Waals surface area contributed by atoms with E-state index < -0.39 is 0 Å². The zero-order valence-electron chi connectivity index (χ0n) is 17.0. The van der Waals surface area contributed by atoms with Gasteiger partial charge in [0.2, 0.25) is 0 Å². The maximum atomic E-state index is 13.2. The van der Waals surface area contributed by atoms with E-state index in [2.05, 4.69) is 40.1 Å². The third-order valence-corrected chi connectivity index (χ3v) is 6.61. The number of halogens is 1. The standard InChI is InChI=1S/C24H25FN4S/c1-16-14-21-22(28-30-16)20-4-2-3-11-27-23(20)24(21)29-13-12-26-19(15-29)10-7-17-5-8-18(25)9-6-17/h2-6,8-9,11,14,19,26,28H,7,10,12-13,15H2,1H3/t19-/m0/s1. The Labute approximate surface area is 181 Å². The number of anilines is 2. The summed E-state index contributed by atoms with van der Waals surface area (Å²) in [6, 6.07) is 13.4. The van der Waals surface area contributed by atoms with E-state index in [9.17, 15) is 4.39 Å². The van der Waals surface area contributed by atoms with E-state index >= 15 is 0 Å². The highest BCUT2D eigenvalue weighted by atomic mass is 32.2. The Morgan fingerprint density at radius 1 is 1.20 bits per heavy atom. The first-order chi connectivity index (χ1) is 14.7. The van der Waals surface area contributed by atoms with Gasteiger partial charge in [0.25, 0.3) is 0 Å². The quantitative estimate of drug-likeness (QED) is 0.570. The van der Waals surface area contributed by atoms with Crippen LogP contribution >= 0.6 is 11.9 Å². The second kappa shape index (κ2) is 8.28. The fraction of sp³-hybridized carbons (Fsp3) is 0.292. The predicted octanol–water partition coefficient (Wildman–Crippen LogP) is 5.17. The third-order valence-electron chi connectivity index (χ3n) is 5.87. The van der Waals surface area contributed by atoms with Crippen LogP contribution in [0.25, 0.3) is 17.3 Å². The highest BCUT2D eigenvalue weighted by Crippen LogP contribution is 2.50. The van der Waals surface area contributed by atoms with E-state index in [-0.39, 0.29) is 5.82 Å². The number of allylic oxidation sites excluding steroid dienone is 1. The smallest absolute Gasteiger partial charge is 0.123 e. The molecule has 1 aromatic carbocycles. The molecule has 154 valence electrons. The Morgan fingerprint density at radius 2 is 2.07 bits per heavy atom. The number of nitrogens with one attached hydrogen (secondary N) is 2. The summed E-state index contributed by atoms with van der Waals surface area (Å²) in [7, 11) is 0. The van der Waals surface area contributed by atoms with Gasteiger partial charge >= 0.3 is 0 Å². The summed E-state index contributed by atoms with van der Waals surface area (Å²) < 4.78 is 16.7. The lowest BCUT2D eigenvalue weighted by atomic mass is 10.0. The molecule has 1 atom stereocenters. The largest absolute Gasteiger partial charge is 0.366 e. The number of aromatic nitrogens is 1. The SMILES string of the molecule is CC1=Cc2c(c3ccccnc-3c2N2CCN[C@@H](CCc3ccc(F)cc3)C2)NS1. The molecular formula is C24H25FN4S. The molecule has 2 N–H and O–H groups in total. The summed E-state index contributed by atoms with van der Waals surface area (Å²) in [6.07, 6.45) is 6.13. The van der Waals surface area contributed by atoms with Gasteiger partial charge in [0.1, 0.15) is 5.82 Å². The first kappa shape index (κ1) is 19.4. The first-order valence-corrected chi connectivity index (χ1v) is 11.3. The van der Waals surface area contributed by atoms with Gasteiger partial charge < -0.3 is 14.9 Å². The molecule has 0 aromatic heterocycles. The molecule has 30 heavy (non-hydrogen) atoms. The number of hydrogen-bond acceptors (Lipinski definition) is 5. The van der Waals surface area contributed by atoms with E-state index in [1.807, 2.05) is 24.4 Å². The maximum absolute atomic E-state index is 13.2. The average molecular weight is 421 g/mol. The summed E-state index contributed by atoms with van der Waals surface area (Å²) in [5.41, 5.74) is 7.06. The van der Waals surface area contributed by atoms with Crippen molar-refractivity contribution in [1.29, 1.82) is 0 Å². The van der Waals surface area contributed by atoms with Gasteiger partial charge in [-0.15, -0.1) is 0 Å². The average Bonchev–Trinajstić information content (AvgIpc) is 2.89. The Hall–Kier alpha value is -2.57. The van der Waals surface area contributed by atoms with Gasteiger partial charge in [0.05, 0.1) is 17.1 Å². The van der Waals surface area contributed by atoms with Crippen LogP contribution in [0, 0.1) is 5.82 Å². The van der Waals surface area contributed by atoms with Gasteiger partial charge in [-0.05, 0) is 61.6 Å². The fourth-order valence-electron chi connectivity index (χ4n) is 4.40. The molecule has 4 aliphatic rings. The monoisotopic (exact) mass is 420 g/mol. The minimum Gasteiger partial charge on any atom is -0.366 e. The van der Waals surface area contributed by atoms with Crippen molar-refractivity contribution in [3.63, 3.8) is 0 Å². The number of benzene rings is 1. The molecule has 0 unspecified atom stereocenters. The number of aryl methyl sites for hydroxylation is 1. The molecule has 0 bridgehead atoms. The van der Waals surface area contributed by atoms with Gasteiger partial charge in [-0.2, -0.15) is 0 Å². The lowest BCUT2D eigenvalue weighted by Gasteiger charge is -2.36. The Balaban J connectivity index is 1.42. The summed E-state index contributed by atoms with van der Waals surface area (Å²) in [6.45, 7) is 4.98. The lowest BCUT2D eigenvalue weighted by Crippen LogP contribution is -2.51. The number of rotatable bonds is 4. The fourth-order valence-corrected chi connectivity index (χ4v) is 5.06. The molecule has 0 radical (unpaired) electrons. The van der Waals surface area contributed by atoms with Crippen molar-refractivity contribution >= 4 is 29.4 Å². The van der Waals surface area contributed by atoms with Crippen LogP contribution in [0.4, 0.5) is 15.8 Å². The van der Waals surface area contributed by atoms with Crippen LogP contribution in [0.1, 0.15) is 24.5 Å². The summed E-state index contributed by atoms with van der Waals surface area (Å²) >= 11 is 1.67. The zero-order valence-corrected chi connectivity index (χ0v) is 17.8. The van der Waals surface area contributed by atoms with Crippen LogP contribution in [0.5, 0.6) is 0 Å². The number of nitrogens with zero attached hydrogens (tertiary/aromatic N) is 2. The Morgan fingerprint density at radius 3 is 2.93 bits per heavy atom. The van der Waals surface area contributed by atoms with Crippen molar-refractivity contribution in [2.24, 2.45) is 0 Å². The molecule has 6 heteroatoms. The van der Waals surface area contributed by atoms with Gasteiger partial charge in [-0.25, -0.2) is 4.39 Å². The van der Waals surface area contributed by atoms with E-state index in [1.165, 1.54) is 33.0 Å². The molecule has 4 nitrogen and oxygen atoms in total. The molecule has 1 aromatic rings. The molecular weight excluding hydrogens is 395 g/mol. The van der Waals surface area contributed by atoms with Crippen LogP contribution < -0.4 is 14.9 Å². The highest BCUT2D eigenvalue weighted by molar-refractivity contribution is 8.04. The van der Waals surface area contributed by atoms with Gasteiger partial charge in [0.15, 0.2) is 0 Å². The van der Waals surface area contributed by atoms with Crippen LogP contribution in [0.15, 0.2) is 53.6 Å². The van der Waals surface area contributed by atoms with Crippen LogP contribution in [-0.4, -0.2) is 30.7 Å². The van der Waals surface area contributed by atoms with Crippen LogP contribution in [0.3, 0.4) is 0 Å². The van der Waals surface area contributed by atoms with Crippen molar-refractivity contribution in [2.75, 3.05) is 29.3 Å². The normalized spacial score (nSPS) is 18.7. The maximum Gasteiger partial charge on any atom is 0.123 e. The second-order valence-corrected chi connectivity index (χ2v) is 9.00. The van der Waals surface area contributed by atoms with E-state index in [0.29, 0.717) is 6.04 Å². The molecule has 3 heterocycles. The van der Waals surface area contributed by atoms with Crippen molar-refractivity contribution in [3.8, 4) is 11.3 Å². The van der Waals surface area contributed by atoms with Crippen molar-refractivity contribution < 1.29 is 4.39 Å². The third kappa shape index (κ3) is 3.77. The lowest BCUT2D eigenvalue weighted by molar-refractivity contribution is 0.434. The molecule has 0 amide bonds. The number of hydrogen-bond donors (Lipinski definition) is 2. The van der Waals surface area contributed by atoms with E-state index in [1.54, 1.807) is 24.1 Å². The summed E-state index contributed by atoms with van der Waals surface area (Å²) in [5.74, 6) is -0.177. The molecule has 1 saturated heterocycles. The van der Waals surface area contributed by atoms with E-state index in [0.717, 1.165) is 38.2 Å². The topological polar surface area (TPSA) is 40.2 Å². The first-order valence-electron chi connectivity index (χ1n) is 10.4. The molecule has 0 spiro atoms. The highest BCUT2D eigenvalue weighted by Gasteiger charge is 2.31. The second-order valence-electron chi connectivity index (χ2n) is 7.95. The molecule has 5 rings (SSSR count). The van der Waals surface area contributed by atoms with Crippen LogP contribution in [0.2, 0.25) is 0 Å². The van der Waals surface area contributed by atoms with Crippen molar-refractivity contribution in [2.45, 2.75) is 25.8 Å². The molecule has 3 aliphatic heterocycles. The molecule has 1 aliphatic carbocycles. The van der Waals surface area contributed by atoms with Crippen molar-refractivity contribution in [1.82, 2.24) is 10.3 Å². The van der Waals surface area contributed by atoms with E-state index in [4.69, 9.17) is 4.98 Å². The Kier molecular flexibility index (Phi) is 5.35. The summed E-state index contributed by atoms with van der Waals surface area (Å²) in [5, 5.41) is 3.66. The van der Waals surface area contributed by atoms with Gasteiger partial charge in [0, 0.05) is 47.9 Å².